The number of halogens is 2. The van der Waals surface area contributed by atoms with E-state index in [2.05, 4.69) is 4.98 Å². The number of pyridine rings is 1. The fourth-order valence-electron chi connectivity index (χ4n) is 1.74. The summed E-state index contributed by atoms with van der Waals surface area (Å²) >= 11 is 0. The average molecular weight is 248 g/mol. The van der Waals surface area contributed by atoms with Crippen LogP contribution in [-0.2, 0) is 6.42 Å². The normalized spacial score (nSPS) is 12.4. The Balaban J connectivity index is 2.15. The monoisotopic (exact) mass is 248 g/mol. The molecular formula is C14H14F2N2. The average Bonchev–Trinajstić information content (AvgIpc) is 2.33. The maximum atomic E-state index is 13.5. The Hall–Kier alpha value is -1.81. The van der Waals surface area contributed by atoms with Gasteiger partial charge in [-0.3, -0.25) is 4.98 Å². The van der Waals surface area contributed by atoms with E-state index in [-0.39, 0.29) is 6.04 Å². The van der Waals surface area contributed by atoms with Gasteiger partial charge >= 0.3 is 0 Å². The van der Waals surface area contributed by atoms with Crippen molar-refractivity contribution >= 4 is 0 Å². The van der Waals surface area contributed by atoms with Crippen molar-refractivity contribution in [3.8, 4) is 0 Å². The maximum Gasteiger partial charge on any atom is 0.129 e. The third-order valence-corrected chi connectivity index (χ3v) is 2.82. The van der Waals surface area contributed by atoms with Crippen LogP contribution >= 0.6 is 0 Å². The number of nitrogens with two attached hydrogens (primary N) is 1. The van der Waals surface area contributed by atoms with Gasteiger partial charge in [-0.15, -0.1) is 0 Å². The summed E-state index contributed by atoms with van der Waals surface area (Å²) in [6.45, 7) is 1.88. The molecule has 4 heteroatoms. The van der Waals surface area contributed by atoms with Crippen LogP contribution in [0.2, 0.25) is 0 Å². The van der Waals surface area contributed by atoms with Crippen molar-refractivity contribution in [1.29, 1.82) is 0 Å². The lowest BCUT2D eigenvalue weighted by atomic mass is 10.0. The molecule has 2 N–H and O–H groups in total. The van der Waals surface area contributed by atoms with Crippen molar-refractivity contribution in [1.82, 2.24) is 4.98 Å². The van der Waals surface area contributed by atoms with Gasteiger partial charge in [-0.05, 0) is 36.6 Å². The minimum absolute atomic E-state index is 0.316. The van der Waals surface area contributed by atoms with Crippen LogP contribution in [0.4, 0.5) is 8.78 Å². The van der Waals surface area contributed by atoms with E-state index in [9.17, 15) is 8.78 Å². The van der Waals surface area contributed by atoms with Gasteiger partial charge in [0.2, 0.25) is 0 Å². The fraction of sp³-hybridized carbons (Fsp3) is 0.214. The van der Waals surface area contributed by atoms with Crippen LogP contribution in [0.1, 0.15) is 22.9 Å². The van der Waals surface area contributed by atoms with Gasteiger partial charge in [0, 0.05) is 24.0 Å². The van der Waals surface area contributed by atoms with E-state index >= 15 is 0 Å². The van der Waals surface area contributed by atoms with Crippen LogP contribution in [0.25, 0.3) is 0 Å². The molecule has 0 aliphatic rings. The Labute approximate surface area is 104 Å². The Bertz CT molecular complexity index is 538. The highest BCUT2D eigenvalue weighted by Gasteiger charge is 2.11. The lowest BCUT2D eigenvalue weighted by Gasteiger charge is -2.12. The van der Waals surface area contributed by atoms with Crippen LogP contribution in [-0.4, -0.2) is 4.98 Å². The third-order valence-electron chi connectivity index (χ3n) is 2.82. The van der Waals surface area contributed by atoms with E-state index in [4.69, 9.17) is 5.73 Å². The molecule has 1 aromatic carbocycles. The van der Waals surface area contributed by atoms with Crippen molar-refractivity contribution in [2.24, 2.45) is 5.73 Å². The van der Waals surface area contributed by atoms with Crippen molar-refractivity contribution in [3.05, 3.63) is 65.0 Å². The molecule has 1 aromatic heterocycles. The summed E-state index contributed by atoms with van der Waals surface area (Å²) in [7, 11) is 0. The summed E-state index contributed by atoms with van der Waals surface area (Å²) in [5.41, 5.74) is 8.13. The zero-order valence-electron chi connectivity index (χ0n) is 10.0. The number of aromatic nitrogens is 1. The van der Waals surface area contributed by atoms with Crippen molar-refractivity contribution in [2.45, 2.75) is 19.4 Å². The van der Waals surface area contributed by atoms with Gasteiger partial charge in [-0.1, -0.05) is 12.1 Å². The molecule has 2 aromatic rings. The molecule has 0 spiro atoms. The second-order valence-electron chi connectivity index (χ2n) is 4.28. The van der Waals surface area contributed by atoms with Gasteiger partial charge in [0.15, 0.2) is 0 Å². The van der Waals surface area contributed by atoms with E-state index in [0.717, 1.165) is 17.3 Å². The molecule has 1 unspecified atom stereocenters. The number of benzene rings is 1. The molecule has 0 bridgehead atoms. The summed E-state index contributed by atoms with van der Waals surface area (Å²) in [6.07, 6.45) is 2.00. The molecule has 94 valence electrons. The van der Waals surface area contributed by atoms with E-state index < -0.39 is 11.6 Å². The summed E-state index contributed by atoms with van der Waals surface area (Å²) in [5, 5.41) is 0. The van der Waals surface area contributed by atoms with Crippen molar-refractivity contribution in [3.63, 3.8) is 0 Å². The summed E-state index contributed by atoms with van der Waals surface area (Å²) in [6, 6.07) is 6.91. The van der Waals surface area contributed by atoms with Gasteiger partial charge in [0.1, 0.15) is 11.6 Å². The number of rotatable bonds is 3. The van der Waals surface area contributed by atoms with Gasteiger partial charge in [0.05, 0.1) is 0 Å². The SMILES string of the molecule is Cc1ccc(C(N)Cc2ccc(F)cc2F)cn1. The quantitative estimate of drug-likeness (QED) is 0.907. The Morgan fingerprint density at radius 1 is 1.22 bits per heavy atom. The topological polar surface area (TPSA) is 38.9 Å². The Morgan fingerprint density at radius 3 is 2.61 bits per heavy atom. The first kappa shape index (κ1) is 12.6. The molecule has 1 atom stereocenters. The molecular weight excluding hydrogens is 234 g/mol. The molecule has 1 heterocycles. The lowest BCUT2D eigenvalue weighted by Crippen LogP contribution is -2.14. The van der Waals surface area contributed by atoms with Crippen LogP contribution in [0.3, 0.4) is 0 Å². The van der Waals surface area contributed by atoms with E-state index in [1.165, 1.54) is 12.1 Å². The van der Waals surface area contributed by atoms with Crippen molar-refractivity contribution in [2.75, 3.05) is 0 Å². The molecule has 0 aliphatic carbocycles. The van der Waals surface area contributed by atoms with E-state index in [0.29, 0.717) is 12.0 Å². The summed E-state index contributed by atoms with van der Waals surface area (Å²) in [5.74, 6) is -1.15. The van der Waals surface area contributed by atoms with Crippen molar-refractivity contribution < 1.29 is 8.78 Å². The lowest BCUT2D eigenvalue weighted by molar-refractivity contribution is 0.563. The number of aryl methyl sites for hydroxylation is 1. The Morgan fingerprint density at radius 2 is 2.00 bits per heavy atom. The van der Waals surface area contributed by atoms with Crippen LogP contribution in [0.5, 0.6) is 0 Å². The first-order chi connectivity index (χ1) is 8.56. The van der Waals surface area contributed by atoms with Gasteiger partial charge in [-0.2, -0.15) is 0 Å². The number of hydrogen-bond donors (Lipinski definition) is 1. The third kappa shape index (κ3) is 2.90. The molecule has 0 aliphatic heterocycles. The first-order valence-electron chi connectivity index (χ1n) is 5.68. The minimum atomic E-state index is -0.582. The van der Waals surface area contributed by atoms with Gasteiger partial charge in [-0.25, -0.2) is 8.78 Å². The maximum absolute atomic E-state index is 13.5. The summed E-state index contributed by atoms with van der Waals surface area (Å²) < 4.78 is 26.3. The molecule has 2 nitrogen and oxygen atoms in total. The molecule has 0 saturated carbocycles. The van der Waals surface area contributed by atoms with Crippen LogP contribution in [0, 0.1) is 18.6 Å². The molecule has 0 saturated heterocycles. The smallest absolute Gasteiger partial charge is 0.129 e. The highest BCUT2D eigenvalue weighted by molar-refractivity contribution is 5.24. The highest BCUT2D eigenvalue weighted by atomic mass is 19.1. The van der Waals surface area contributed by atoms with Crippen LogP contribution < -0.4 is 5.73 Å². The van der Waals surface area contributed by atoms with Crippen LogP contribution in [0.15, 0.2) is 36.5 Å². The largest absolute Gasteiger partial charge is 0.324 e. The highest BCUT2D eigenvalue weighted by Crippen LogP contribution is 2.18. The molecule has 2 rings (SSSR count). The number of nitrogens with zero attached hydrogens (tertiary/aromatic N) is 1. The molecule has 18 heavy (non-hydrogen) atoms. The minimum Gasteiger partial charge on any atom is -0.324 e. The predicted molar refractivity (Wildman–Crippen MR) is 66.0 cm³/mol. The second kappa shape index (κ2) is 5.23. The Kier molecular flexibility index (Phi) is 3.67. The van der Waals surface area contributed by atoms with Gasteiger partial charge in [0.25, 0.3) is 0 Å². The first-order valence-corrected chi connectivity index (χ1v) is 5.68. The zero-order chi connectivity index (χ0) is 13.1. The fourth-order valence-corrected chi connectivity index (χ4v) is 1.74. The van der Waals surface area contributed by atoms with Gasteiger partial charge < -0.3 is 5.73 Å². The van der Waals surface area contributed by atoms with E-state index in [1.54, 1.807) is 6.20 Å². The zero-order valence-corrected chi connectivity index (χ0v) is 10.0. The second-order valence-corrected chi connectivity index (χ2v) is 4.28. The molecule has 0 radical (unpaired) electrons. The summed E-state index contributed by atoms with van der Waals surface area (Å²) in [4.78, 5) is 4.14. The standard InChI is InChI=1S/C14H14F2N2/c1-9-2-3-11(8-18-9)14(17)6-10-4-5-12(15)7-13(10)16/h2-5,7-8,14H,6,17H2,1H3. The molecule has 0 fully saturated rings. The predicted octanol–water partition coefficient (Wildman–Crippen LogP) is 2.91. The van der Waals surface area contributed by atoms with E-state index in [1.807, 2.05) is 19.1 Å². The molecule has 0 amide bonds. The number of hydrogen-bond acceptors (Lipinski definition) is 2.